The van der Waals surface area contributed by atoms with Crippen molar-refractivity contribution in [2.24, 2.45) is 5.41 Å². The number of nitrogens with one attached hydrogen (secondary N) is 2. The molecule has 3 saturated carbocycles. The molecule has 1 aromatic carbocycles. The third-order valence-corrected chi connectivity index (χ3v) is 8.86. The van der Waals surface area contributed by atoms with Gasteiger partial charge in [0.05, 0.1) is 0 Å². The van der Waals surface area contributed by atoms with Crippen molar-refractivity contribution in [2.45, 2.75) is 43.8 Å². The Morgan fingerprint density at radius 2 is 2.06 bits per heavy atom. The summed E-state index contributed by atoms with van der Waals surface area (Å²) in [6.45, 7) is 2.22. The number of aromatic amines is 1. The Bertz CT molecular complexity index is 1550. The fraction of sp³-hybridized carbons (Fsp3) is 0.360. The predicted molar refractivity (Wildman–Crippen MR) is 132 cm³/mol. The molecule has 0 atom stereocenters. The molecule has 0 saturated heterocycles. The Hall–Kier alpha value is -3.07. The molecule has 35 heavy (non-hydrogen) atoms. The van der Waals surface area contributed by atoms with Gasteiger partial charge in [-0.25, -0.2) is 4.39 Å². The van der Waals surface area contributed by atoms with Crippen molar-refractivity contribution in [1.82, 2.24) is 39.9 Å². The van der Waals surface area contributed by atoms with Crippen LogP contribution in [0.25, 0.3) is 27.8 Å². The average Bonchev–Trinajstić information content (AvgIpc) is 3.55. The molecule has 0 unspecified atom stereocenters. The van der Waals surface area contributed by atoms with E-state index in [4.69, 9.17) is 4.98 Å². The number of halogens is 1. The van der Waals surface area contributed by atoms with Crippen molar-refractivity contribution >= 4 is 36.0 Å². The van der Waals surface area contributed by atoms with Crippen LogP contribution in [0.1, 0.15) is 30.5 Å². The van der Waals surface area contributed by atoms with Crippen molar-refractivity contribution in [1.29, 1.82) is 0 Å². The van der Waals surface area contributed by atoms with Gasteiger partial charge >= 0.3 is 154 Å². The van der Waals surface area contributed by atoms with Crippen LogP contribution in [0.3, 0.4) is 0 Å². The van der Waals surface area contributed by atoms with E-state index in [9.17, 15) is 4.39 Å². The van der Waals surface area contributed by atoms with E-state index in [1.165, 1.54) is 10.0 Å². The molecule has 4 aromatic heterocycles. The molecule has 3 aliphatic carbocycles. The normalized spacial score (nSPS) is 23.0. The number of H-pyrrole nitrogens is 1. The van der Waals surface area contributed by atoms with Gasteiger partial charge in [-0.3, -0.25) is 0 Å². The molecule has 0 radical (unpaired) electrons. The van der Waals surface area contributed by atoms with Gasteiger partial charge in [-0.05, 0) is 24.7 Å². The molecule has 178 valence electrons. The van der Waals surface area contributed by atoms with Gasteiger partial charge in [0.25, 0.3) is 0 Å². The molecule has 4 heterocycles. The number of hydrogen-bond donors (Lipinski definition) is 2. The van der Waals surface area contributed by atoms with Crippen molar-refractivity contribution in [3.05, 3.63) is 60.3 Å². The topological polar surface area (TPSA) is 88.7 Å². The Kier molecular flexibility index (Phi) is 4.68. The average molecular weight is 535 g/mol. The van der Waals surface area contributed by atoms with E-state index < -0.39 is 5.67 Å². The van der Waals surface area contributed by atoms with Crippen molar-refractivity contribution in [2.75, 3.05) is 6.54 Å². The summed E-state index contributed by atoms with van der Waals surface area (Å²) in [6, 6.07) is 8.49. The van der Waals surface area contributed by atoms with E-state index in [1.807, 2.05) is 29.3 Å². The zero-order valence-corrected chi connectivity index (χ0v) is 21.0. The van der Waals surface area contributed by atoms with Crippen LogP contribution >= 0.6 is 0 Å². The predicted octanol–water partition coefficient (Wildman–Crippen LogP) is 2.88. The molecule has 0 amide bonds. The van der Waals surface area contributed by atoms with Crippen LogP contribution in [-0.2, 0) is 13.1 Å². The standard InChI is InChI=1S/C25H25FN8Se/c1-35-18-4-19(20-7-28-30-21(20)5-18)22-11-34(32-31-22)10-17-9-33-8-16(2-3-23(33)29-17)6-27-15-24-12-25(26,13-24)14-24/h2-5,7-9,11,27H,6,10,12-15H2,1H3,(H,28,30). The third-order valence-electron chi connectivity index (χ3n) is 7.37. The van der Waals surface area contributed by atoms with Crippen molar-refractivity contribution in [3.8, 4) is 11.3 Å². The Balaban J connectivity index is 1.06. The van der Waals surface area contributed by atoms with Gasteiger partial charge < -0.3 is 5.32 Å². The van der Waals surface area contributed by atoms with E-state index in [0.29, 0.717) is 21.5 Å². The van der Waals surface area contributed by atoms with E-state index in [0.717, 1.165) is 65.9 Å². The number of alkyl halides is 1. The van der Waals surface area contributed by atoms with Gasteiger partial charge in [-0.1, -0.05) is 0 Å². The second-order valence-electron chi connectivity index (χ2n) is 10.1. The first-order valence-corrected chi connectivity index (χ1v) is 14.3. The van der Waals surface area contributed by atoms with Gasteiger partial charge in [0.2, 0.25) is 0 Å². The summed E-state index contributed by atoms with van der Waals surface area (Å²) >= 11 is 0.378. The van der Waals surface area contributed by atoms with Crippen LogP contribution in [0.4, 0.5) is 4.39 Å². The Morgan fingerprint density at radius 1 is 1.17 bits per heavy atom. The Morgan fingerprint density at radius 3 is 2.89 bits per heavy atom. The summed E-state index contributed by atoms with van der Waals surface area (Å²) in [4.78, 5) is 4.76. The van der Waals surface area contributed by atoms with E-state index in [1.54, 1.807) is 0 Å². The number of hydrogen-bond acceptors (Lipinski definition) is 5. The summed E-state index contributed by atoms with van der Waals surface area (Å²) in [7, 11) is 0. The minimum absolute atomic E-state index is 0.222. The molecule has 3 fully saturated rings. The maximum atomic E-state index is 13.7. The molecule has 0 spiro atoms. The van der Waals surface area contributed by atoms with E-state index in [2.05, 4.69) is 60.4 Å². The van der Waals surface area contributed by atoms with Crippen LogP contribution in [0.2, 0.25) is 5.82 Å². The molecule has 0 aliphatic heterocycles. The van der Waals surface area contributed by atoms with Gasteiger partial charge in [0.15, 0.2) is 0 Å². The number of nitrogens with zero attached hydrogens (tertiary/aromatic N) is 6. The number of rotatable bonds is 8. The first-order chi connectivity index (χ1) is 17.0. The summed E-state index contributed by atoms with van der Waals surface area (Å²) in [5.41, 5.74) is 5.32. The molecule has 8 nitrogen and oxygen atoms in total. The van der Waals surface area contributed by atoms with Crippen LogP contribution in [0, 0.1) is 5.41 Å². The zero-order chi connectivity index (χ0) is 23.6. The van der Waals surface area contributed by atoms with Crippen LogP contribution < -0.4 is 9.78 Å². The van der Waals surface area contributed by atoms with Crippen LogP contribution in [0.5, 0.6) is 0 Å². The zero-order valence-electron chi connectivity index (χ0n) is 19.3. The van der Waals surface area contributed by atoms with Crippen molar-refractivity contribution in [3.63, 3.8) is 0 Å². The van der Waals surface area contributed by atoms with E-state index in [-0.39, 0.29) is 5.41 Å². The Labute approximate surface area is 207 Å². The molecular weight excluding hydrogens is 510 g/mol. The fourth-order valence-corrected chi connectivity index (χ4v) is 6.80. The SMILES string of the molecule is C[Se]c1cc(-c2cn(Cc3cn4cc(CNCC56CC(F)(C5)C6)ccc4n3)nn2)c2cn[nH]c2c1. The third kappa shape index (κ3) is 3.67. The maximum absolute atomic E-state index is 13.7. The molecular formula is C25H25FN8Se. The summed E-state index contributed by atoms with van der Waals surface area (Å²) in [6.07, 6.45) is 10.2. The summed E-state index contributed by atoms with van der Waals surface area (Å²) in [5.74, 6) is 2.20. The number of fused-ring (bicyclic) bond motifs is 2. The molecule has 10 heteroatoms. The molecule has 3 aliphatic rings. The number of aromatic nitrogens is 7. The second-order valence-corrected chi connectivity index (χ2v) is 12.0. The van der Waals surface area contributed by atoms with Gasteiger partial charge in [-0.2, -0.15) is 0 Å². The van der Waals surface area contributed by atoms with Crippen LogP contribution in [-0.4, -0.2) is 61.7 Å². The van der Waals surface area contributed by atoms with Crippen molar-refractivity contribution < 1.29 is 4.39 Å². The second kappa shape index (κ2) is 7.71. The fourth-order valence-electron chi connectivity index (χ4n) is 5.81. The number of pyridine rings is 1. The van der Waals surface area contributed by atoms with Gasteiger partial charge in [0.1, 0.15) is 5.67 Å². The first kappa shape index (κ1) is 21.2. The molecule has 8 rings (SSSR count). The van der Waals surface area contributed by atoms with Crippen LogP contribution in [0.15, 0.2) is 49.1 Å². The summed E-state index contributed by atoms with van der Waals surface area (Å²) in [5, 5.41) is 20.7. The number of imidazole rings is 1. The molecule has 2 bridgehead atoms. The number of benzene rings is 1. The monoisotopic (exact) mass is 536 g/mol. The quantitative estimate of drug-likeness (QED) is 0.299. The van der Waals surface area contributed by atoms with E-state index >= 15 is 0 Å². The first-order valence-electron chi connectivity index (χ1n) is 11.8. The molecule has 2 N–H and O–H groups in total. The molecule has 5 aromatic rings. The van der Waals surface area contributed by atoms with Gasteiger partial charge in [0, 0.05) is 13.1 Å². The van der Waals surface area contributed by atoms with Gasteiger partial charge in [-0.15, -0.1) is 0 Å². The summed E-state index contributed by atoms with van der Waals surface area (Å²) < 4.78 is 18.9. The minimum atomic E-state index is -0.829.